The Morgan fingerprint density at radius 3 is 2.68 bits per heavy atom. The van der Waals surface area contributed by atoms with E-state index >= 15 is 0 Å². The second-order valence-corrected chi connectivity index (χ2v) is 4.68. The highest BCUT2D eigenvalue weighted by atomic mass is 16.5. The molecule has 0 unspecified atom stereocenters. The summed E-state index contributed by atoms with van der Waals surface area (Å²) in [6.45, 7) is 7.18. The van der Waals surface area contributed by atoms with E-state index in [4.69, 9.17) is 9.26 Å². The van der Waals surface area contributed by atoms with Gasteiger partial charge < -0.3 is 14.6 Å². The lowest BCUT2D eigenvalue weighted by Crippen LogP contribution is -2.08. The van der Waals surface area contributed by atoms with Crippen LogP contribution in [0.5, 0.6) is 5.75 Å². The number of hydrogen-bond acceptors (Lipinski definition) is 4. The van der Waals surface area contributed by atoms with E-state index in [1.54, 1.807) is 0 Å². The summed E-state index contributed by atoms with van der Waals surface area (Å²) >= 11 is 0. The second-order valence-electron chi connectivity index (χ2n) is 4.68. The highest BCUT2D eigenvalue weighted by Gasteiger charge is 2.12. The van der Waals surface area contributed by atoms with Crippen molar-refractivity contribution in [2.24, 2.45) is 0 Å². The first-order valence-electron chi connectivity index (χ1n) is 6.41. The topological polar surface area (TPSA) is 47.3 Å². The normalized spacial score (nSPS) is 10.7. The fourth-order valence-corrected chi connectivity index (χ4v) is 2.10. The standard InChI is InChI=1S/C15H20N2O2/c1-10-6-5-7-13(8-16-4)15(10)18-9-14-11(2)17-19-12(14)3/h5-7,16H,8-9H2,1-4H3. The van der Waals surface area contributed by atoms with Gasteiger partial charge in [-0.2, -0.15) is 0 Å². The number of para-hydroxylation sites is 1. The van der Waals surface area contributed by atoms with Gasteiger partial charge in [-0.05, 0) is 33.4 Å². The van der Waals surface area contributed by atoms with E-state index in [0.29, 0.717) is 6.61 Å². The Bertz CT molecular complexity index is 542. The van der Waals surface area contributed by atoms with Crippen molar-refractivity contribution in [3.63, 3.8) is 0 Å². The molecule has 19 heavy (non-hydrogen) atoms. The van der Waals surface area contributed by atoms with Crippen LogP contribution in [-0.2, 0) is 13.2 Å². The monoisotopic (exact) mass is 260 g/mol. The van der Waals surface area contributed by atoms with Gasteiger partial charge in [-0.1, -0.05) is 23.4 Å². The Hall–Kier alpha value is -1.81. The van der Waals surface area contributed by atoms with Crippen LogP contribution < -0.4 is 10.1 Å². The minimum absolute atomic E-state index is 0.489. The van der Waals surface area contributed by atoms with Crippen LogP contribution >= 0.6 is 0 Å². The van der Waals surface area contributed by atoms with Gasteiger partial charge in [-0.15, -0.1) is 0 Å². The summed E-state index contributed by atoms with van der Waals surface area (Å²) in [6, 6.07) is 6.18. The molecule has 0 bridgehead atoms. The summed E-state index contributed by atoms with van der Waals surface area (Å²) < 4.78 is 11.1. The number of rotatable bonds is 5. The molecular formula is C15H20N2O2. The molecule has 0 radical (unpaired) electrons. The maximum absolute atomic E-state index is 5.99. The SMILES string of the molecule is CNCc1cccc(C)c1OCc1c(C)noc1C. The van der Waals surface area contributed by atoms with E-state index in [-0.39, 0.29) is 0 Å². The number of nitrogens with one attached hydrogen (secondary N) is 1. The Kier molecular flexibility index (Phi) is 4.22. The molecule has 1 heterocycles. The van der Waals surface area contributed by atoms with Crippen molar-refractivity contribution in [3.05, 3.63) is 46.3 Å². The van der Waals surface area contributed by atoms with Gasteiger partial charge in [0.25, 0.3) is 0 Å². The van der Waals surface area contributed by atoms with E-state index < -0.39 is 0 Å². The van der Waals surface area contributed by atoms with Crippen molar-refractivity contribution in [1.82, 2.24) is 10.5 Å². The van der Waals surface area contributed by atoms with E-state index in [9.17, 15) is 0 Å². The molecule has 1 aromatic heterocycles. The molecule has 4 heteroatoms. The lowest BCUT2D eigenvalue weighted by molar-refractivity contribution is 0.296. The fourth-order valence-electron chi connectivity index (χ4n) is 2.10. The molecular weight excluding hydrogens is 240 g/mol. The number of nitrogens with zero attached hydrogens (tertiary/aromatic N) is 1. The highest BCUT2D eigenvalue weighted by molar-refractivity contribution is 5.41. The molecule has 0 spiro atoms. The lowest BCUT2D eigenvalue weighted by atomic mass is 10.1. The Labute approximate surface area is 113 Å². The quantitative estimate of drug-likeness (QED) is 0.898. The van der Waals surface area contributed by atoms with E-state index in [2.05, 4.69) is 29.5 Å². The van der Waals surface area contributed by atoms with Gasteiger partial charge >= 0.3 is 0 Å². The average molecular weight is 260 g/mol. The molecule has 2 rings (SSSR count). The summed E-state index contributed by atoms with van der Waals surface area (Å²) in [5, 5.41) is 7.10. The number of aromatic nitrogens is 1. The molecule has 0 fully saturated rings. The van der Waals surface area contributed by atoms with Gasteiger partial charge in [0, 0.05) is 12.1 Å². The molecule has 0 saturated heterocycles. The molecule has 1 aromatic carbocycles. The highest BCUT2D eigenvalue weighted by Crippen LogP contribution is 2.25. The van der Waals surface area contributed by atoms with Crippen molar-refractivity contribution in [1.29, 1.82) is 0 Å². The molecule has 0 aliphatic rings. The minimum Gasteiger partial charge on any atom is -0.488 e. The Morgan fingerprint density at radius 2 is 2.05 bits per heavy atom. The first-order valence-corrected chi connectivity index (χ1v) is 6.41. The second kappa shape index (κ2) is 5.89. The summed E-state index contributed by atoms with van der Waals surface area (Å²) in [4.78, 5) is 0. The van der Waals surface area contributed by atoms with Crippen LogP contribution in [0.15, 0.2) is 22.7 Å². The first-order chi connectivity index (χ1) is 9.13. The predicted octanol–water partition coefficient (Wildman–Crippen LogP) is 2.90. The van der Waals surface area contributed by atoms with Crippen LogP contribution in [0.1, 0.15) is 28.1 Å². The van der Waals surface area contributed by atoms with Gasteiger partial charge in [0.15, 0.2) is 0 Å². The van der Waals surface area contributed by atoms with Crippen LogP contribution in [0.2, 0.25) is 0 Å². The molecule has 4 nitrogen and oxygen atoms in total. The molecule has 102 valence electrons. The minimum atomic E-state index is 0.489. The Morgan fingerprint density at radius 1 is 1.26 bits per heavy atom. The predicted molar refractivity (Wildman–Crippen MR) is 74.3 cm³/mol. The zero-order chi connectivity index (χ0) is 13.8. The van der Waals surface area contributed by atoms with Crippen molar-refractivity contribution in [3.8, 4) is 5.75 Å². The third-order valence-corrected chi connectivity index (χ3v) is 3.20. The smallest absolute Gasteiger partial charge is 0.140 e. The zero-order valence-corrected chi connectivity index (χ0v) is 11.9. The number of ether oxygens (including phenoxy) is 1. The summed E-state index contributed by atoms with van der Waals surface area (Å²) in [5.74, 6) is 1.76. The molecule has 0 amide bonds. The van der Waals surface area contributed by atoms with Crippen LogP contribution in [0, 0.1) is 20.8 Å². The van der Waals surface area contributed by atoms with Gasteiger partial charge in [-0.25, -0.2) is 0 Å². The maximum Gasteiger partial charge on any atom is 0.140 e. The zero-order valence-electron chi connectivity index (χ0n) is 11.9. The summed E-state index contributed by atoms with van der Waals surface area (Å²) in [6.07, 6.45) is 0. The number of hydrogen-bond donors (Lipinski definition) is 1. The van der Waals surface area contributed by atoms with E-state index in [0.717, 1.165) is 40.4 Å². The van der Waals surface area contributed by atoms with Crippen molar-refractivity contribution >= 4 is 0 Å². The average Bonchev–Trinajstić information content (AvgIpc) is 2.69. The third-order valence-electron chi connectivity index (χ3n) is 3.20. The summed E-state index contributed by atoms with van der Waals surface area (Å²) in [7, 11) is 1.93. The fraction of sp³-hybridized carbons (Fsp3) is 0.400. The molecule has 1 N–H and O–H groups in total. The molecule has 0 aliphatic carbocycles. The summed E-state index contributed by atoms with van der Waals surface area (Å²) in [5.41, 5.74) is 4.22. The van der Waals surface area contributed by atoms with E-state index in [1.807, 2.05) is 27.0 Å². The molecule has 2 aromatic rings. The lowest BCUT2D eigenvalue weighted by Gasteiger charge is -2.13. The Balaban J connectivity index is 2.19. The molecule has 0 atom stereocenters. The maximum atomic E-state index is 5.99. The molecule has 0 aliphatic heterocycles. The van der Waals surface area contributed by atoms with Crippen molar-refractivity contribution in [2.45, 2.75) is 33.9 Å². The molecule has 0 saturated carbocycles. The van der Waals surface area contributed by atoms with Crippen LogP contribution in [0.3, 0.4) is 0 Å². The van der Waals surface area contributed by atoms with Gasteiger partial charge in [0.05, 0.1) is 11.3 Å². The van der Waals surface area contributed by atoms with Crippen LogP contribution in [-0.4, -0.2) is 12.2 Å². The van der Waals surface area contributed by atoms with Gasteiger partial charge in [-0.3, -0.25) is 0 Å². The van der Waals surface area contributed by atoms with E-state index in [1.165, 1.54) is 0 Å². The van der Waals surface area contributed by atoms with Crippen molar-refractivity contribution in [2.75, 3.05) is 7.05 Å². The van der Waals surface area contributed by atoms with Crippen molar-refractivity contribution < 1.29 is 9.26 Å². The van der Waals surface area contributed by atoms with Crippen LogP contribution in [0.25, 0.3) is 0 Å². The third kappa shape index (κ3) is 2.96. The largest absolute Gasteiger partial charge is 0.488 e. The van der Waals surface area contributed by atoms with Crippen LogP contribution in [0.4, 0.5) is 0 Å². The van der Waals surface area contributed by atoms with Gasteiger partial charge in [0.1, 0.15) is 18.1 Å². The number of aryl methyl sites for hydroxylation is 3. The first kappa shape index (κ1) is 13.6. The van der Waals surface area contributed by atoms with Gasteiger partial charge in [0.2, 0.25) is 0 Å². The number of benzene rings is 1.